The number of methoxy groups -OCH3 is 2. The van der Waals surface area contributed by atoms with Crippen LogP contribution in [0.15, 0.2) is 18.2 Å². The molecule has 1 heterocycles. The van der Waals surface area contributed by atoms with Crippen LogP contribution in [0.3, 0.4) is 0 Å². The molecule has 0 fully saturated rings. The van der Waals surface area contributed by atoms with Gasteiger partial charge in [-0.2, -0.15) is 0 Å². The van der Waals surface area contributed by atoms with E-state index >= 15 is 0 Å². The minimum absolute atomic E-state index is 0.0258. The minimum Gasteiger partial charge on any atom is -0.477 e. The number of hydrogen-bond donors (Lipinski definition) is 2. The first kappa shape index (κ1) is 21.7. The molecule has 0 amide bonds. The number of anilines is 1. The van der Waals surface area contributed by atoms with Crippen LogP contribution >= 0.6 is 0 Å². The predicted octanol–water partition coefficient (Wildman–Crippen LogP) is 3.88. The molecule has 152 valence electrons. The summed E-state index contributed by atoms with van der Waals surface area (Å²) in [5.41, 5.74) is 3.98. The summed E-state index contributed by atoms with van der Waals surface area (Å²) in [5, 5.41) is 13.0. The lowest BCUT2D eigenvalue weighted by Crippen LogP contribution is -2.30. The van der Waals surface area contributed by atoms with Crippen molar-refractivity contribution in [1.82, 2.24) is 4.98 Å². The molecule has 1 aromatic heterocycles. The van der Waals surface area contributed by atoms with Crippen molar-refractivity contribution in [1.29, 1.82) is 0 Å². The molecule has 0 saturated carbocycles. The number of benzene rings is 1. The average Bonchev–Trinajstić information content (AvgIpc) is 2.57. The molecule has 2 N–H and O–H groups in total. The Hall–Kier alpha value is -2.64. The quantitative estimate of drug-likeness (QED) is 0.674. The lowest BCUT2D eigenvalue weighted by molar-refractivity contribution is 0.0694. The summed E-state index contributed by atoms with van der Waals surface area (Å²) in [6.07, 6.45) is 0. The molecule has 0 bridgehead atoms. The largest absolute Gasteiger partial charge is 0.477 e. The van der Waals surface area contributed by atoms with E-state index in [4.69, 9.17) is 14.2 Å². The molecule has 28 heavy (non-hydrogen) atoms. The van der Waals surface area contributed by atoms with E-state index in [1.807, 2.05) is 32.9 Å². The Balaban J connectivity index is 2.50. The molecule has 0 unspecified atom stereocenters. The maximum atomic E-state index is 12.0. The number of carboxylic acids is 1. The van der Waals surface area contributed by atoms with Gasteiger partial charge in [0.1, 0.15) is 11.3 Å². The molecule has 7 heteroatoms. The number of aromatic carboxylic acids is 1. The second-order valence-corrected chi connectivity index (χ2v) is 6.88. The Morgan fingerprint density at radius 1 is 1.07 bits per heavy atom. The van der Waals surface area contributed by atoms with Crippen molar-refractivity contribution >= 4 is 11.7 Å². The number of carbonyl (C=O) groups is 1. The Kier molecular flexibility index (Phi) is 7.37. The van der Waals surface area contributed by atoms with Crippen LogP contribution in [0.5, 0.6) is 11.6 Å². The summed E-state index contributed by atoms with van der Waals surface area (Å²) >= 11 is 0. The minimum atomic E-state index is -1.12. The molecule has 7 nitrogen and oxygen atoms in total. The maximum absolute atomic E-state index is 12.0. The predicted molar refractivity (Wildman–Crippen MR) is 108 cm³/mol. The number of pyridine rings is 1. The van der Waals surface area contributed by atoms with E-state index in [-0.39, 0.29) is 17.5 Å². The van der Waals surface area contributed by atoms with Crippen molar-refractivity contribution in [2.24, 2.45) is 0 Å². The highest BCUT2D eigenvalue weighted by molar-refractivity contribution is 5.97. The van der Waals surface area contributed by atoms with E-state index in [9.17, 15) is 9.90 Å². The number of ether oxygens (including phenoxy) is 3. The first-order valence-corrected chi connectivity index (χ1v) is 9.01. The second-order valence-electron chi connectivity index (χ2n) is 6.88. The van der Waals surface area contributed by atoms with Gasteiger partial charge in [0.15, 0.2) is 0 Å². The van der Waals surface area contributed by atoms with Crippen LogP contribution in [-0.2, 0) is 9.47 Å². The van der Waals surface area contributed by atoms with Crippen LogP contribution < -0.4 is 10.1 Å². The van der Waals surface area contributed by atoms with Gasteiger partial charge < -0.3 is 24.6 Å². The monoisotopic (exact) mass is 388 g/mol. The van der Waals surface area contributed by atoms with Crippen molar-refractivity contribution < 1.29 is 24.1 Å². The van der Waals surface area contributed by atoms with Crippen molar-refractivity contribution in [3.8, 4) is 11.6 Å². The summed E-state index contributed by atoms with van der Waals surface area (Å²) in [5.74, 6) is -0.456. The third kappa shape index (κ3) is 5.21. The highest BCUT2D eigenvalue weighted by Crippen LogP contribution is 2.34. The smallest absolute Gasteiger partial charge is 0.343 e. The van der Waals surface area contributed by atoms with Crippen LogP contribution in [-0.4, -0.2) is 49.5 Å². The molecule has 0 aliphatic carbocycles. The molecular weight excluding hydrogens is 360 g/mol. The van der Waals surface area contributed by atoms with E-state index in [1.165, 1.54) is 0 Å². The number of aryl methyl sites for hydroxylation is 4. The Morgan fingerprint density at radius 2 is 1.64 bits per heavy atom. The van der Waals surface area contributed by atoms with Gasteiger partial charge in [-0.1, -0.05) is 17.7 Å². The fraction of sp³-hybridized carbons (Fsp3) is 0.429. The van der Waals surface area contributed by atoms with Crippen LogP contribution in [0.2, 0.25) is 0 Å². The molecule has 0 aliphatic rings. The molecule has 2 aromatic rings. The molecule has 0 saturated heterocycles. The lowest BCUT2D eigenvalue weighted by Gasteiger charge is -2.21. The molecule has 0 spiro atoms. The van der Waals surface area contributed by atoms with Gasteiger partial charge in [-0.25, -0.2) is 9.78 Å². The number of carboxylic acid groups (broad SMARTS) is 1. The van der Waals surface area contributed by atoms with Crippen molar-refractivity contribution in [3.63, 3.8) is 0 Å². The molecule has 2 rings (SSSR count). The van der Waals surface area contributed by atoms with Crippen molar-refractivity contribution in [3.05, 3.63) is 46.1 Å². The highest BCUT2D eigenvalue weighted by Gasteiger charge is 2.23. The van der Waals surface area contributed by atoms with E-state index in [0.29, 0.717) is 30.3 Å². The van der Waals surface area contributed by atoms with Gasteiger partial charge in [-0.3, -0.25) is 0 Å². The molecule has 0 aliphatic heterocycles. The zero-order chi connectivity index (χ0) is 20.8. The summed E-state index contributed by atoms with van der Waals surface area (Å²) < 4.78 is 16.4. The lowest BCUT2D eigenvalue weighted by atomic mass is 10.1. The average molecular weight is 388 g/mol. The summed E-state index contributed by atoms with van der Waals surface area (Å²) in [6, 6.07) is 5.45. The van der Waals surface area contributed by atoms with Gasteiger partial charge in [0.2, 0.25) is 5.88 Å². The van der Waals surface area contributed by atoms with E-state index in [0.717, 1.165) is 16.7 Å². The van der Waals surface area contributed by atoms with Crippen molar-refractivity contribution in [2.45, 2.75) is 33.7 Å². The van der Waals surface area contributed by atoms with Crippen LogP contribution in [0.1, 0.15) is 32.7 Å². The second kappa shape index (κ2) is 9.52. The highest BCUT2D eigenvalue weighted by atomic mass is 16.5. The fourth-order valence-electron chi connectivity index (χ4n) is 3.22. The fourth-order valence-corrected chi connectivity index (χ4v) is 3.22. The molecular formula is C21H28N2O5. The van der Waals surface area contributed by atoms with Gasteiger partial charge in [0.05, 0.1) is 24.9 Å². The Bertz CT molecular complexity index is 822. The third-order valence-electron chi connectivity index (χ3n) is 4.23. The van der Waals surface area contributed by atoms with E-state index in [1.54, 1.807) is 27.2 Å². The molecule has 1 aromatic carbocycles. The number of hydrogen-bond acceptors (Lipinski definition) is 6. The van der Waals surface area contributed by atoms with E-state index in [2.05, 4.69) is 10.3 Å². The number of nitrogens with zero attached hydrogens (tertiary/aromatic N) is 1. The summed E-state index contributed by atoms with van der Waals surface area (Å²) in [4.78, 5) is 16.4. The van der Waals surface area contributed by atoms with Crippen molar-refractivity contribution in [2.75, 3.05) is 32.8 Å². The molecule has 0 radical (unpaired) electrons. The van der Waals surface area contributed by atoms with Gasteiger partial charge in [0.25, 0.3) is 0 Å². The Labute approximate surface area is 165 Å². The number of aromatic nitrogens is 1. The number of nitrogens with one attached hydrogen (secondary N) is 1. The maximum Gasteiger partial charge on any atom is 0.343 e. The first-order chi connectivity index (χ1) is 13.3. The third-order valence-corrected chi connectivity index (χ3v) is 4.23. The Morgan fingerprint density at radius 3 is 2.14 bits per heavy atom. The zero-order valence-corrected chi connectivity index (χ0v) is 17.3. The van der Waals surface area contributed by atoms with Gasteiger partial charge >= 0.3 is 5.97 Å². The topological polar surface area (TPSA) is 89.9 Å². The summed E-state index contributed by atoms with van der Waals surface area (Å²) in [7, 11) is 3.16. The SMILES string of the molecule is COCC(COC)Nc1cc(C)nc(Oc2c(C)cc(C)cc2C)c1C(=O)O. The van der Waals surface area contributed by atoms with Gasteiger partial charge in [-0.05, 0) is 44.9 Å². The summed E-state index contributed by atoms with van der Waals surface area (Å²) in [6.45, 7) is 8.38. The van der Waals surface area contributed by atoms with Gasteiger partial charge in [0, 0.05) is 19.9 Å². The standard InChI is InChI=1S/C21H28N2O5/c1-12-7-13(2)19(14(3)8-12)28-20-18(21(24)25)17(9-15(4)22-20)23-16(10-26-5)11-27-6/h7-9,16H,10-11H2,1-6H3,(H,22,23)(H,24,25). The number of rotatable bonds is 9. The van der Waals surface area contributed by atoms with Crippen LogP contribution in [0, 0.1) is 27.7 Å². The van der Waals surface area contributed by atoms with Crippen LogP contribution in [0.25, 0.3) is 0 Å². The first-order valence-electron chi connectivity index (χ1n) is 9.01. The van der Waals surface area contributed by atoms with Gasteiger partial charge in [-0.15, -0.1) is 0 Å². The normalized spacial score (nSPS) is 11.0. The zero-order valence-electron chi connectivity index (χ0n) is 17.3. The molecule has 0 atom stereocenters. The van der Waals surface area contributed by atoms with Crippen LogP contribution in [0.4, 0.5) is 5.69 Å². The van der Waals surface area contributed by atoms with E-state index < -0.39 is 5.97 Å².